The molecule has 4 nitrogen and oxygen atoms in total. The Morgan fingerprint density at radius 3 is 2.81 bits per heavy atom. The van der Waals surface area contributed by atoms with Crippen molar-refractivity contribution in [2.24, 2.45) is 5.92 Å². The van der Waals surface area contributed by atoms with Crippen molar-refractivity contribution in [2.75, 3.05) is 26.0 Å². The topological polar surface area (TPSA) is 41.1 Å². The second kappa shape index (κ2) is 6.93. The van der Waals surface area contributed by atoms with Crippen LogP contribution in [0.15, 0.2) is 6.33 Å². The molecule has 5 heteroatoms. The van der Waals surface area contributed by atoms with Crippen molar-refractivity contribution in [3.8, 4) is 0 Å². The van der Waals surface area contributed by atoms with Gasteiger partial charge in [-0.3, -0.25) is 0 Å². The van der Waals surface area contributed by atoms with Crippen LogP contribution in [0.3, 0.4) is 0 Å². The van der Waals surface area contributed by atoms with Crippen LogP contribution in [0.5, 0.6) is 0 Å². The average molecular weight is 311 g/mol. The number of halogens is 1. The Balaban J connectivity index is 2.14. The van der Waals surface area contributed by atoms with Gasteiger partial charge in [0, 0.05) is 17.6 Å². The van der Waals surface area contributed by atoms with E-state index in [1.807, 2.05) is 0 Å². The second-order valence-corrected chi connectivity index (χ2v) is 6.88. The maximum absolute atomic E-state index is 6.17. The Morgan fingerprint density at radius 1 is 1.43 bits per heavy atom. The second-order valence-electron chi connectivity index (χ2n) is 6.52. The van der Waals surface area contributed by atoms with Gasteiger partial charge in [-0.2, -0.15) is 0 Å². The van der Waals surface area contributed by atoms with Crippen molar-refractivity contribution >= 4 is 17.4 Å². The van der Waals surface area contributed by atoms with Crippen molar-refractivity contribution in [3.05, 3.63) is 17.0 Å². The zero-order valence-electron chi connectivity index (χ0n) is 13.6. The summed E-state index contributed by atoms with van der Waals surface area (Å²) in [4.78, 5) is 10.8. The van der Waals surface area contributed by atoms with E-state index in [4.69, 9.17) is 11.6 Å². The number of hydrogen-bond acceptors (Lipinski definition) is 4. The summed E-state index contributed by atoms with van der Waals surface area (Å²) in [5.74, 6) is 1.67. The van der Waals surface area contributed by atoms with Gasteiger partial charge in [0.2, 0.25) is 0 Å². The number of rotatable bonds is 5. The molecule has 0 radical (unpaired) electrons. The van der Waals surface area contributed by atoms with E-state index in [0.717, 1.165) is 30.3 Å². The molecule has 0 aliphatic heterocycles. The third-order valence-electron chi connectivity index (χ3n) is 4.85. The summed E-state index contributed by atoms with van der Waals surface area (Å²) < 4.78 is 0. The van der Waals surface area contributed by atoms with Gasteiger partial charge >= 0.3 is 0 Å². The molecule has 0 bridgehead atoms. The zero-order valence-corrected chi connectivity index (χ0v) is 14.4. The van der Waals surface area contributed by atoms with Gasteiger partial charge in [-0.05, 0) is 39.3 Å². The van der Waals surface area contributed by atoms with Gasteiger partial charge in [-0.1, -0.05) is 38.3 Å². The van der Waals surface area contributed by atoms with Crippen LogP contribution < -0.4 is 5.32 Å². The molecule has 2 atom stereocenters. The maximum atomic E-state index is 6.17. The van der Waals surface area contributed by atoms with Crippen LogP contribution in [0.25, 0.3) is 0 Å². The van der Waals surface area contributed by atoms with Gasteiger partial charge in [0.05, 0.1) is 0 Å². The first kappa shape index (κ1) is 16.5. The average Bonchev–Trinajstić information content (AvgIpc) is 2.45. The highest BCUT2D eigenvalue weighted by molar-refractivity contribution is 6.30. The van der Waals surface area contributed by atoms with E-state index in [1.165, 1.54) is 32.0 Å². The number of aromatic nitrogens is 2. The third kappa shape index (κ3) is 3.67. The number of hydrogen-bond donors (Lipinski definition) is 1. The van der Waals surface area contributed by atoms with Crippen LogP contribution in [0.1, 0.15) is 45.1 Å². The van der Waals surface area contributed by atoms with E-state index in [-0.39, 0.29) is 5.54 Å². The normalized spacial score (nSPS) is 26.1. The summed E-state index contributed by atoms with van der Waals surface area (Å²) in [6.45, 7) is 5.35. The largest absolute Gasteiger partial charge is 0.368 e. The third-order valence-corrected chi connectivity index (χ3v) is 5.17. The van der Waals surface area contributed by atoms with Crippen molar-refractivity contribution < 1.29 is 0 Å². The highest BCUT2D eigenvalue weighted by Crippen LogP contribution is 2.36. The van der Waals surface area contributed by atoms with Crippen LogP contribution in [0, 0.1) is 5.92 Å². The molecule has 1 fully saturated rings. The van der Waals surface area contributed by atoms with Gasteiger partial charge in [0.15, 0.2) is 0 Å². The van der Waals surface area contributed by atoms with E-state index >= 15 is 0 Å². The summed E-state index contributed by atoms with van der Waals surface area (Å²) >= 11 is 6.17. The lowest BCUT2D eigenvalue weighted by atomic mass is 9.75. The number of anilines is 1. The molecule has 1 aliphatic carbocycles. The number of nitrogens with zero attached hydrogens (tertiary/aromatic N) is 3. The zero-order chi connectivity index (χ0) is 15.5. The van der Waals surface area contributed by atoms with Crippen molar-refractivity contribution in [3.63, 3.8) is 0 Å². The molecule has 1 aromatic heterocycles. The van der Waals surface area contributed by atoms with Crippen molar-refractivity contribution in [1.82, 2.24) is 14.9 Å². The standard InChI is InChI=1S/C16H27ClN4/c1-5-13-14(17)19-11-20-15(13)18-10-16(21(3)4)8-6-7-12(2)9-16/h11-12H,5-10H2,1-4H3,(H,18,19,20). The highest BCUT2D eigenvalue weighted by atomic mass is 35.5. The predicted octanol–water partition coefficient (Wildman–Crippen LogP) is 3.61. The minimum Gasteiger partial charge on any atom is -0.368 e. The molecule has 0 spiro atoms. The molecule has 2 unspecified atom stereocenters. The predicted molar refractivity (Wildman–Crippen MR) is 89.0 cm³/mol. The van der Waals surface area contributed by atoms with Crippen molar-refractivity contribution in [1.29, 1.82) is 0 Å². The fraction of sp³-hybridized carbons (Fsp3) is 0.750. The van der Waals surface area contributed by atoms with E-state index in [2.05, 4.69) is 48.1 Å². The fourth-order valence-corrected chi connectivity index (χ4v) is 3.73. The molecule has 1 aliphatic rings. The van der Waals surface area contributed by atoms with E-state index in [9.17, 15) is 0 Å². The Morgan fingerprint density at radius 2 is 2.19 bits per heavy atom. The first-order valence-electron chi connectivity index (χ1n) is 7.89. The molecule has 0 saturated heterocycles. The lowest BCUT2D eigenvalue weighted by Crippen LogP contribution is -2.52. The molecular weight excluding hydrogens is 284 g/mol. The highest BCUT2D eigenvalue weighted by Gasteiger charge is 2.36. The van der Waals surface area contributed by atoms with Crippen LogP contribution in [-0.2, 0) is 6.42 Å². The summed E-state index contributed by atoms with van der Waals surface area (Å²) in [6, 6.07) is 0. The Bertz CT molecular complexity index is 477. The Labute approximate surface area is 133 Å². The smallest absolute Gasteiger partial charge is 0.137 e. The van der Waals surface area contributed by atoms with E-state index < -0.39 is 0 Å². The summed E-state index contributed by atoms with van der Waals surface area (Å²) in [5, 5.41) is 4.10. The van der Waals surface area contributed by atoms with Gasteiger partial charge in [-0.25, -0.2) is 9.97 Å². The van der Waals surface area contributed by atoms with Gasteiger partial charge in [0.25, 0.3) is 0 Å². The molecule has 1 N–H and O–H groups in total. The lowest BCUT2D eigenvalue weighted by Gasteiger charge is -2.45. The molecule has 1 aromatic rings. The minimum absolute atomic E-state index is 0.208. The maximum Gasteiger partial charge on any atom is 0.137 e. The first-order chi connectivity index (χ1) is 9.98. The summed E-state index contributed by atoms with van der Waals surface area (Å²) in [7, 11) is 4.38. The van der Waals surface area contributed by atoms with Crippen LogP contribution in [-0.4, -0.2) is 41.0 Å². The minimum atomic E-state index is 0.208. The quantitative estimate of drug-likeness (QED) is 0.843. The molecule has 0 aromatic carbocycles. The number of nitrogens with one attached hydrogen (secondary N) is 1. The monoisotopic (exact) mass is 310 g/mol. The molecular formula is C16H27ClN4. The molecule has 118 valence electrons. The molecule has 1 heterocycles. The van der Waals surface area contributed by atoms with Gasteiger partial charge in [-0.15, -0.1) is 0 Å². The van der Waals surface area contributed by atoms with Crippen LogP contribution >= 0.6 is 11.6 Å². The Hall–Kier alpha value is -0.870. The van der Waals surface area contributed by atoms with Crippen LogP contribution in [0.4, 0.5) is 5.82 Å². The molecule has 21 heavy (non-hydrogen) atoms. The van der Waals surface area contributed by atoms with Crippen LogP contribution in [0.2, 0.25) is 5.15 Å². The molecule has 0 amide bonds. The van der Waals surface area contributed by atoms with Gasteiger partial charge in [0.1, 0.15) is 17.3 Å². The Kier molecular flexibility index (Phi) is 5.44. The van der Waals surface area contributed by atoms with Gasteiger partial charge < -0.3 is 10.2 Å². The SMILES string of the molecule is CCc1c(Cl)ncnc1NCC1(N(C)C)CCCC(C)C1. The lowest BCUT2D eigenvalue weighted by molar-refractivity contribution is 0.0881. The van der Waals surface area contributed by atoms with E-state index in [0.29, 0.717) is 5.15 Å². The van der Waals surface area contributed by atoms with Crippen molar-refractivity contribution in [2.45, 2.75) is 51.5 Å². The van der Waals surface area contributed by atoms with E-state index in [1.54, 1.807) is 0 Å². The first-order valence-corrected chi connectivity index (χ1v) is 8.27. The molecule has 1 saturated carbocycles. The summed E-state index contributed by atoms with van der Waals surface area (Å²) in [6.07, 6.45) is 7.48. The number of likely N-dealkylation sites (N-methyl/N-ethyl adjacent to an activating group) is 1. The molecule has 2 rings (SSSR count). The fourth-order valence-electron chi connectivity index (χ4n) is 3.46. The summed E-state index contributed by atoms with van der Waals surface area (Å²) in [5.41, 5.74) is 1.22.